The molecule has 3 heterocycles. The van der Waals surface area contributed by atoms with Crippen LogP contribution in [-0.4, -0.2) is 64.7 Å². The molecule has 2 aliphatic rings. The van der Waals surface area contributed by atoms with Crippen molar-refractivity contribution in [2.45, 2.75) is 19.0 Å². The number of hydrogen-bond acceptors (Lipinski definition) is 4. The number of piperazine rings is 1. The number of aryl methyl sites for hydroxylation is 1. The molecule has 0 bridgehead atoms. The first kappa shape index (κ1) is 14.8. The Bertz CT molecular complexity index is 380. The Morgan fingerprint density at radius 1 is 1.32 bits per heavy atom. The van der Waals surface area contributed by atoms with E-state index < -0.39 is 0 Å². The molecule has 0 aliphatic carbocycles. The van der Waals surface area contributed by atoms with Gasteiger partial charge in [-0.15, -0.1) is 12.4 Å². The van der Waals surface area contributed by atoms with Crippen LogP contribution in [0.4, 0.5) is 0 Å². The minimum Gasteiger partial charge on any atom is -0.337 e. The lowest BCUT2D eigenvalue weighted by atomic mass is 10.2. The van der Waals surface area contributed by atoms with E-state index in [-0.39, 0.29) is 12.4 Å². The van der Waals surface area contributed by atoms with Crippen molar-refractivity contribution >= 4 is 12.4 Å². The van der Waals surface area contributed by atoms with E-state index in [1.807, 2.05) is 12.4 Å². The molecule has 6 heteroatoms. The monoisotopic (exact) mass is 285 g/mol. The van der Waals surface area contributed by atoms with E-state index in [0.717, 1.165) is 12.6 Å². The summed E-state index contributed by atoms with van der Waals surface area (Å²) in [6, 6.07) is 0.778. The third-order valence-corrected chi connectivity index (χ3v) is 4.24. The van der Waals surface area contributed by atoms with Gasteiger partial charge in [-0.1, -0.05) is 0 Å². The summed E-state index contributed by atoms with van der Waals surface area (Å²) in [7, 11) is 2.07. The molecule has 1 N–H and O–H groups in total. The molecule has 0 amide bonds. The van der Waals surface area contributed by atoms with Crippen LogP contribution in [0.15, 0.2) is 12.4 Å². The van der Waals surface area contributed by atoms with E-state index in [4.69, 9.17) is 0 Å². The molecule has 19 heavy (non-hydrogen) atoms. The Morgan fingerprint density at radius 2 is 2.11 bits per heavy atom. The van der Waals surface area contributed by atoms with Crippen LogP contribution in [0.25, 0.3) is 0 Å². The van der Waals surface area contributed by atoms with Gasteiger partial charge in [0.15, 0.2) is 0 Å². The van der Waals surface area contributed by atoms with Gasteiger partial charge in [0.05, 0.1) is 6.54 Å². The van der Waals surface area contributed by atoms with Crippen molar-refractivity contribution in [3.63, 3.8) is 0 Å². The lowest BCUT2D eigenvalue weighted by Gasteiger charge is -2.37. The molecule has 3 rings (SSSR count). The van der Waals surface area contributed by atoms with Crippen LogP contribution >= 0.6 is 12.4 Å². The largest absolute Gasteiger partial charge is 0.337 e. The molecule has 1 aromatic rings. The lowest BCUT2D eigenvalue weighted by molar-refractivity contribution is 0.0959. The summed E-state index contributed by atoms with van der Waals surface area (Å²) in [5, 5.41) is 3.46. The van der Waals surface area contributed by atoms with Gasteiger partial charge in [0, 0.05) is 58.2 Å². The fraction of sp³-hybridized carbons (Fsp3) is 0.769. The van der Waals surface area contributed by atoms with Crippen molar-refractivity contribution in [3.05, 3.63) is 18.2 Å². The Balaban J connectivity index is 0.00000133. The number of rotatable bonds is 3. The van der Waals surface area contributed by atoms with Crippen molar-refractivity contribution in [3.8, 4) is 0 Å². The SMILES string of the molecule is Cl.Cn1ccnc1CN1CCN(C2CCNC2)CC1. The van der Waals surface area contributed by atoms with E-state index in [0.29, 0.717) is 0 Å². The molecule has 1 aromatic heterocycles. The van der Waals surface area contributed by atoms with Gasteiger partial charge >= 0.3 is 0 Å². The number of hydrogen-bond donors (Lipinski definition) is 1. The Hall–Kier alpha value is -0.620. The third-order valence-electron chi connectivity index (χ3n) is 4.24. The summed E-state index contributed by atoms with van der Waals surface area (Å²) in [5.74, 6) is 1.17. The van der Waals surface area contributed by atoms with Crippen LogP contribution < -0.4 is 5.32 Å². The fourth-order valence-electron chi connectivity index (χ4n) is 2.99. The molecule has 1 unspecified atom stereocenters. The van der Waals surface area contributed by atoms with Crippen molar-refractivity contribution in [1.82, 2.24) is 24.7 Å². The van der Waals surface area contributed by atoms with Crippen LogP contribution in [-0.2, 0) is 13.6 Å². The summed E-state index contributed by atoms with van der Waals surface area (Å²) in [4.78, 5) is 9.57. The number of nitrogens with one attached hydrogen (secondary N) is 1. The topological polar surface area (TPSA) is 36.3 Å². The van der Waals surface area contributed by atoms with E-state index in [1.54, 1.807) is 0 Å². The van der Waals surface area contributed by atoms with Gasteiger partial charge in [-0.25, -0.2) is 4.98 Å². The Kier molecular flexibility index (Phi) is 5.21. The summed E-state index contributed by atoms with van der Waals surface area (Å²) in [5.41, 5.74) is 0. The number of halogens is 1. The number of aromatic nitrogens is 2. The van der Waals surface area contributed by atoms with Crippen molar-refractivity contribution < 1.29 is 0 Å². The predicted octanol–water partition coefficient (Wildman–Crippen LogP) is 0.321. The highest BCUT2D eigenvalue weighted by Gasteiger charge is 2.26. The van der Waals surface area contributed by atoms with Crippen LogP contribution in [0.1, 0.15) is 12.2 Å². The van der Waals surface area contributed by atoms with Crippen molar-refractivity contribution in [2.75, 3.05) is 39.3 Å². The van der Waals surface area contributed by atoms with E-state index in [1.165, 1.54) is 51.5 Å². The average Bonchev–Trinajstić information content (AvgIpc) is 3.03. The fourth-order valence-corrected chi connectivity index (χ4v) is 2.99. The lowest BCUT2D eigenvalue weighted by Crippen LogP contribution is -2.50. The number of nitrogens with zero attached hydrogens (tertiary/aromatic N) is 4. The van der Waals surface area contributed by atoms with Crippen LogP contribution in [0.5, 0.6) is 0 Å². The van der Waals surface area contributed by atoms with E-state index in [9.17, 15) is 0 Å². The van der Waals surface area contributed by atoms with Gasteiger partial charge in [-0.05, 0) is 13.0 Å². The van der Waals surface area contributed by atoms with Gasteiger partial charge in [0.25, 0.3) is 0 Å². The smallest absolute Gasteiger partial charge is 0.122 e. The van der Waals surface area contributed by atoms with Gasteiger partial charge in [0.1, 0.15) is 5.82 Å². The van der Waals surface area contributed by atoms with Crippen LogP contribution in [0, 0.1) is 0 Å². The van der Waals surface area contributed by atoms with Crippen LogP contribution in [0.3, 0.4) is 0 Å². The second-order valence-corrected chi connectivity index (χ2v) is 5.41. The van der Waals surface area contributed by atoms with Crippen LogP contribution in [0.2, 0.25) is 0 Å². The number of imidazole rings is 1. The molecule has 108 valence electrons. The molecule has 5 nitrogen and oxygen atoms in total. The molecule has 0 spiro atoms. The van der Waals surface area contributed by atoms with Crippen molar-refractivity contribution in [2.24, 2.45) is 7.05 Å². The second-order valence-electron chi connectivity index (χ2n) is 5.41. The second kappa shape index (κ2) is 6.70. The zero-order valence-electron chi connectivity index (χ0n) is 11.6. The maximum Gasteiger partial charge on any atom is 0.122 e. The van der Waals surface area contributed by atoms with Gasteiger partial charge in [0.2, 0.25) is 0 Å². The minimum atomic E-state index is 0. The quantitative estimate of drug-likeness (QED) is 0.868. The third kappa shape index (κ3) is 3.48. The molecule has 2 saturated heterocycles. The zero-order valence-corrected chi connectivity index (χ0v) is 12.4. The highest BCUT2D eigenvalue weighted by atomic mass is 35.5. The van der Waals surface area contributed by atoms with Gasteiger partial charge in [-0.3, -0.25) is 9.80 Å². The predicted molar refractivity (Wildman–Crippen MR) is 78.6 cm³/mol. The maximum atomic E-state index is 4.40. The zero-order chi connectivity index (χ0) is 12.4. The summed E-state index contributed by atoms with van der Waals surface area (Å²) in [6.45, 7) is 8.11. The van der Waals surface area contributed by atoms with E-state index in [2.05, 4.69) is 31.7 Å². The molecular weight excluding hydrogens is 262 g/mol. The molecule has 0 radical (unpaired) electrons. The minimum absolute atomic E-state index is 0. The molecule has 0 saturated carbocycles. The highest BCUT2D eigenvalue weighted by molar-refractivity contribution is 5.85. The average molecular weight is 286 g/mol. The maximum absolute atomic E-state index is 4.40. The van der Waals surface area contributed by atoms with E-state index >= 15 is 0 Å². The van der Waals surface area contributed by atoms with Gasteiger partial charge < -0.3 is 9.88 Å². The Labute approximate surface area is 121 Å². The molecule has 2 fully saturated rings. The first-order valence-electron chi connectivity index (χ1n) is 6.96. The first-order valence-corrected chi connectivity index (χ1v) is 6.96. The normalized spacial score (nSPS) is 25.4. The molecular formula is C13H24ClN5. The first-order chi connectivity index (χ1) is 8.83. The molecule has 1 atom stereocenters. The summed E-state index contributed by atoms with van der Waals surface area (Å²) < 4.78 is 2.12. The molecule has 2 aliphatic heterocycles. The van der Waals surface area contributed by atoms with Crippen molar-refractivity contribution in [1.29, 1.82) is 0 Å². The Morgan fingerprint density at radius 3 is 2.68 bits per heavy atom. The summed E-state index contributed by atoms with van der Waals surface area (Å²) >= 11 is 0. The summed E-state index contributed by atoms with van der Waals surface area (Å²) in [6.07, 6.45) is 5.23. The molecule has 0 aromatic carbocycles. The van der Waals surface area contributed by atoms with Gasteiger partial charge in [-0.2, -0.15) is 0 Å². The standard InChI is InChI=1S/C13H23N5.ClH/c1-16-5-4-15-13(16)11-17-6-8-18(9-7-17)12-2-3-14-10-12;/h4-5,12,14H,2-3,6-11H2,1H3;1H. The highest BCUT2D eigenvalue weighted by Crippen LogP contribution is 2.13.